The molecule has 38 heavy (non-hydrogen) atoms. The molecule has 9 nitrogen and oxygen atoms in total. The first-order chi connectivity index (χ1) is 18.3. The second-order valence-electron chi connectivity index (χ2n) is 10.3. The Balaban J connectivity index is 1.26. The average Bonchev–Trinajstić information content (AvgIpc) is 3.22. The highest BCUT2D eigenvalue weighted by atomic mass is 16.5. The highest BCUT2D eigenvalue weighted by Gasteiger charge is 2.39. The number of ether oxygens (including phenoxy) is 2. The van der Waals surface area contributed by atoms with Crippen LogP contribution in [0, 0.1) is 0 Å². The Kier molecular flexibility index (Phi) is 7.35. The topological polar surface area (TPSA) is 105 Å². The molecular formula is C29H33N3O6. The van der Waals surface area contributed by atoms with Crippen LogP contribution in [0.1, 0.15) is 72.2 Å². The minimum atomic E-state index is -0.652. The Labute approximate surface area is 222 Å². The van der Waals surface area contributed by atoms with Gasteiger partial charge in [0.15, 0.2) is 0 Å². The zero-order valence-corrected chi connectivity index (χ0v) is 21.8. The lowest BCUT2D eigenvalue weighted by Crippen LogP contribution is -2.52. The first-order valence-electron chi connectivity index (χ1n) is 13.3. The second-order valence-corrected chi connectivity index (χ2v) is 10.3. The number of fused-ring (bicyclic) bond motifs is 1. The van der Waals surface area contributed by atoms with Crippen LogP contribution in [0.3, 0.4) is 0 Å². The van der Waals surface area contributed by atoms with Gasteiger partial charge in [0, 0.05) is 25.1 Å². The highest BCUT2D eigenvalue weighted by Crippen LogP contribution is 2.31. The average molecular weight is 520 g/mol. The van der Waals surface area contributed by atoms with Crippen molar-refractivity contribution in [2.45, 2.75) is 70.7 Å². The number of amides is 4. The molecule has 2 fully saturated rings. The molecule has 9 heteroatoms. The molecule has 200 valence electrons. The first-order valence-corrected chi connectivity index (χ1v) is 13.3. The van der Waals surface area contributed by atoms with Crippen LogP contribution in [0.2, 0.25) is 0 Å². The fraction of sp³-hybridized carbons (Fsp3) is 0.448. The standard InChI is InChI=1S/C29H33N3O6/c1-18(2)38-25-9-4-3-8-23(25)29(36)31-14-6-5-7-20(31)17-37-21-10-11-22-19(15-21)16-32(28(22)35)24-12-13-26(33)30-27(24)34/h3-4,8-11,15,18,20,24H,5-7,12-14,16-17H2,1-2H3,(H,30,33,34)/t20-,24?/m1/s1. The number of carbonyl (C=O) groups is 4. The van der Waals surface area contributed by atoms with E-state index in [1.54, 1.807) is 18.2 Å². The maximum Gasteiger partial charge on any atom is 0.257 e. The fourth-order valence-corrected chi connectivity index (χ4v) is 5.43. The maximum atomic E-state index is 13.5. The summed E-state index contributed by atoms with van der Waals surface area (Å²) in [5.41, 5.74) is 1.88. The maximum absolute atomic E-state index is 13.5. The molecule has 3 aliphatic heterocycles. The monoisotopic (exact) mass is 519 g/mol. The molecule has 2 aromatic carbocycles. The lowest BCUT2D eigenvalue weighted by Gasteiger charge is -2.36. The number of imide groups is 1. The van der Waals surface area contributed by atoms with Crippen molar-refractivity contribution in [3.8, 4) is 11.5 Å². The van der Waals surface area contributed by atoms with E-state index in [0.717, 1.165) is 24.8 Å². The van der Waals surface area contributed by atoms with E-state index in [4.69, 9.17) is 9.47 Å². The van der Waals surface area contributed by atoms with E-state index in [2.05, 4.69) is 5.32 Å². The molecule has 3 aliphatic rings. The minimum absolute atomic E-state index is 0.0398. The number of nitrogens with zero attached hydrogens (tertiary/aromatic N) is 2. The molecule has 2 atom stereocenters. The number of likely N-dealkylation sites (tertiary alicyclic amines) is 1. The summed E-state index contributed by atoms with van der Waals surface area (Å²) in [4.78, 5) is 53.7. The van der Waals surface area contributed by atoms with Crippen LogP contribution in [0.25, 0.3) is 0 Å². The van der Waals surface area contributed by atoms with Gasteiger partial charge >= 0.3 is 0 Å². The molecular weight excluding hydrogens is 486 g/mol. The van der Waals surface area contributed by atoms with E-state index >= 15 is 0 Å². The fourth-order valence-electron chi connectivity index (χ4n) is 5.43. The molecule has 4 amide bonds. The number of nitrogens with one attached hydrogen (secondary N) is 1. The van der Waals surface area contributed by atoms with Crippen LogP contribution in [0.4, 0.5) is 0 Å². The number of rotatable bonds is 7. The molecule has 0 bridgehead atoms. The Morgan fingerprint density at radius 3 is 2.68 bits per heavy atom. The van der Waals surface area contributed by atoms with Crippen molar-refractivity contribution < 1.29 is 28.7 Å². The predicted octanol–water partition coefficient (Wildman–Crippen LogP) is 3.31. The third-order valence-corrected chi connectivity index (χ3v) is 7.31. The number of carbonyl (C=O) groups excluding carboxylic acids is 4. The van der Waals surface area contributed by atoms with E-state index in [9.17, 15) is 19.2 Å². The van der Waals surface area contributed by atoms with Crippen LogP contribution in [0.5, 0.6) is 11.5 Å². The molecule has 5 rings (SSSR count). The molecule has 0 aliphatic carbocycles. The lowest BCUT2D eigenvalue weighted by atomic mass is 10.0. The Bertz CT molecular complexity index is 1260. The molecule has 0 radical (unpaired) electrons. The van der Waals surface area contributed by atoms with Crippen molar-refractivity contribution in [3.63, 3.8) is 0 Å². The summed E-state index contributed by atoms with van der Waals surface area (Å²) >= 11 is 0. The second kappa shape index (κ2) is 10.8. The summed E-state index contributed by atoms with van der Waals surface area (Å²) in [6.45, 7) is 5.16. The molecule has 3 heterocycles. The quantitative estimate of drug-likeness (QED) is 0.563. The molecule has 0 aromatic heterocycles. The minimum Gasteiger partial charge on any atom is -0.491 e. The summed E-state index contributed by atoms with van der Waals surface area (Å²) in [7, 11) is 0. The summed E-state index contributed by atoms with van der Waals surface area (Å²) in [6, 6.07) is 11.9. The Morgan fingerprint density at radius 2 is 1.89 bits per heavy atom. The molecule has 0 spiro atoms. The van der Waals surface area contributed by atoms with E-state index < -0.39 is 11.9 Å². The van der Waals surface area contributed by atoms with Crippen molar-refractivity contribution >= 4 is 23.6 Å². The third kappa shape index (κ3) is 5.23. The number of para-hydroxylation sites is 1. The van der Waals surface area contributed by atoms with Gasteiger partial charge in [0.25, 0.3) is 11.8 Å². The van der Waals surface area contributed by atoms with Crippen molar-refractivity contribution in [2.75, 3.05) is 13.2 Å². The van der Waals surface area contributed by atoms with Gasteiger partial charge in [-0.3, -0.25) is 24.5 Å². The number of benzene rings is 2. The predicted molar refractivity (Wildman–Crippen MR) is 139 cm³/mol. The number of hydrogen-bond donors (Lipinski definition) is 1. The first kappa shape index (κ1) is 25.8. The SMILES string of the molecule is CC(C)Oc1ccccc1C(=O)N1CCCC[C@@H]1COc1ccc2c(c1)CN(C1CCC(=O)NC1=O)C2=O. The summed E-state index contributed by atoms with van der Waals surface area (Å²) < 4.78 is 12.0. The van der Waals surface area contributed by atoms with Gasteiger partial charge in [-0.25, -0.2) is 0 Å². The van der Waals surface area contributed by atoms with Crippen molar-refractivity contribution in [2.24, 2.45) is 0 Å². The largest absolute Gasteiger partial charge is 0.491 e. The normalized spacial score (nSPS) is 21.4. The number of piperidine rings is 2. The third-order valence-electron chi connectivity index (χ3n) is 7.31. The van der Waals surface area contributed by atoms with Crippen molar-refractivity contribution in [3.05, 3.63) is 59.2 Å². The molecule has 0 saturated carbocycles. The number of hydrogen-bond acceptors (Lipinski definition) is 6. The highest BCUT2D eigenvalue weighted by molar-refractivity contribution is 6.05. The van der Waals surface area contributed by atoms with Gasteiger partial charge in [0.1, 0.15) is 24.1 Å². The van der Waals surface area contributed by atoms with Crippen molar-refractivity contribution in [1.82, 2.24) is 15.1 Å². The van der Waals surface area contributed by atoms with Crippen LogP contribution >= 0.6 is 0 Å². The smallest absolute Gasteiger partial charge is 0.257 e. The van der Waals surface area contributed by atoms with Crippen LogP contribution < -0.4 is 14.8 Å². The van der Waals surface area contributed by atoms with Gasteiger partial charge in [-0.1, -0.05) is 12.1 Å². The molecule has 2 aromatic rings. The Morgan fingerprint density at radius 1 is 1.08 bits per heavy atom. The van der Waals surface area contributed by atoms with Gasteiger partial charge in [-0.15, -0.1) is 0 Å². The van der Waals surface area contributed by atoms with Gasteiger partial charge in [-0.05, 0) is 75.4 Å². The molecule has 2 saturated heterocycles. The zero-order chi connectivity index (χ0) is 26.8. The summed E-state index contributed by atoms with van der Waals surface area (Å²) in [5, 5.41) is 2.32. The van der Waals surface area contributed by atoms with E-state index in [0.29, 0.717) is 42.2 Å². The van der Waals surface area contributed by atoms with Crippen LogP contribution in [0.15, 0.2) is 42.5 Å². The van der Waals surface area contributed by atoms with E-state index in [1.165, 1.54) is 4.90 Å². The Hall–Kier alpha value is -3.88. The van der Waals surface area contributed by atoms with Crippen LogP contribution in [-0.2, 0) is 16.1 Å². The van der Waals surface area contributed by atoms with E-state index in [-0.39, 0.29) is 42.8 Å². The van der Waals surface area contributed by atoms with Gasteiger partial charge in [0.05, 0.1) is 17.7 Å². The van der Waals surface area contributed by atoms with E-state index in [1.807, 2.05) is 43.0 Å². The molecule has 1 unspecified atom stereocenters. The van der Waals surface area contributed by atoms with Gasteiger partial charge in [-0.2, -0.15) is 0 Å². The lowest BCUT2D eigenvalue weighted by molar-refractivity contribution is -0.136. The van der Waals surface area contributed by atoms with Crippen LogP contribution in [-0.4, -0.2) is 64.8 Å². The van der Waals surface area contributed by atoms with Gasteiger partial charge in [0.2, 0.25) is 11.8 Å². The zero-order valence-electron chi connectivity index (χ0n) is 21.8. The van der Waals surface area contributed by atoms with Crippen molar-refractivity contribution in [1.29, 1.82) is 0 Å². The summed E-state index contributed by atoms with van der Waals surface area (Å²) in [5.74, 6) is 0.185. The van der Waals surface area contributed by atoms with Gasteiger partial charge < -0.3 is 19.3 Å². The molecule has 1 N–H and O–H groups in total. The summed E-state index contributed by atoms with van der Waals surface area (Å²) in [6.07, 6.45) is 3.29.